The van der Waals surface area contributed by atoms with Crippen LogP contribution in [0.5, 0.6) is 5.75 Å². The minimum atomic E-state index is -0.450. The van der Waals surface area contributed by atoms with Gasteiger partial charge in [0.2, 0.25) is 0 Å². The SMILES string of the molecule is COC(=O)c1sc(NC2CCCC2OC)c(OC)c1N. The van der Waals surface area contributed by atoms with Gasteiger partial charge in [0.1, 0.15) is 15.6 Å². The number of hydrogen-bond acceptors (Lipinski definition) is 7. The van der Waals surface area contributed by atoms with Gasteiger partial charge >= 0.3 is 5.97 Å². The first-order valence-electron chi connectivity index (χ1n) is 6.46. The van der Waals surface area contributed by atoms with Crippen molar-refractivity contribution >= 4 is 28.0 Å². The molecule has 2 atom stereocenters. The lowest BCUT2D eigenvalue weighted by molar-refractivity contribution is 0.0607. The molecule has 1 saturated carbocycles. The smallest absolute Gasteiger partial charge is 0.350 e. The fourth-order valence-electron chi connectivity index (χ4n) is 2.51. The third-order valence-electron chi connectivity index (χ3n) is 3.55. The van der Waals surface area contributed by atoms with E-state index in [1.54, 1.807) is 7.11 Å². The number of rotatable bonds is 5. The van der Waals surface area contributed by atoms with E-state index < -0.39 is 5.97 Å². The van der Waals surface area contributed by atoms with Crippen LogP contribution in [0.15, 0.2) is 0 Å². The summed E-state index contributed by atoms with van der Waals surface area (Å²) in [6.45, 7) is 0. The van der Waals surface area contributed by atoms with Gasteiger partial charge in [0.25, 0.3) is 0 Å². The van der Waals surface area contributed by atoms with Gasteiger partial charge in [-0.25, -0.2) is 4.79 Å². The lowest BCUT2D eigenvalue weighted by atomic mass is 10.2. The van der Waals surface area contributed by atoms with Gasteiger partial charge in [-0.05, 0) is 19.3 Å². The van der Waals surface area contributed by atoms with Crippen LogP contribution in [0.1, 0.15) is 28.9 Å². The zero-order valence-electron chi connectivity index (χ0n) is 11.9. The van der Waals surface area contributed by atoms with Crippen molar-refractivity contribution < 1.29 is 19.0 Å². The van der Waals surface area contributed by atoms with E-state index in [1.165, 1.54) is 25.6 Å². The van der Waals surface area contributed by atoms with Gasteiger partial charge in [0.15, 0.2) is 5.75 Å². The molecule has 0 aromatic carbocycles. The minimum Gasteiger partial charge on any atom is -0.492 e. The molecule has 20 heavy (non-hydrogen) atoms. The summed E-state index contributed by atoms with van der Waals surface area (Å²) in [5.41, 5.74) is 6.26. The van der Waals surface area contributed by atoms with Crippen LogP contribution in [0.25, 0.3) is 0 Å². The van der Waals surface area contributed by atoms with Crippen LogP contribution in [-0.4, -0.2) is 39.4 Å². The number of methoxy groups -OCH3 is 3. The molecule has 0 amide bonds. The van der Waals surface area contributed by atoms with E-state index in [-0.39, 0.29) is 12.1 Å². The highest BCUT2D eigenvalue weighted by Gasteiger charge is 2.30. The van der Waals surface area contributed by atoms with Crippen molar-refractivity contribution in [3.05, 3.63) is 4.88 Å². The average molecular weight is 300 g/mol. The molecule has 112 valence electrons. The van der Waals surface area contributed by atoms with E-state index in [4.69, 9.17) is 19.9 Å². The van der Waals surface area contributed by atoms with Crippen LogP contribution < -0.4 is 15.8 Å². The summed E-state index contributed by atoms with van der Waals surface area (Å²) in [5.74, 6) is 0.0470. The molecular weight excluding hydrogens is 280 g/mol. The molecule has 0 spiro atoms. The fourth-order valence-corrected chi connectivity index (χ4v) is 3.58. The van der Waals surface area contributed by atoms with Crippen molar-refractivity contribution in [2.75, 3.05) is 32.4 Å². The first-order chi connectivity index (χ1) is 9.62. The van der Waals surface area contributed by atoms with E-state index in [2.05, 4.69) is 5.32 Å². The third kappa shape index (κ3) is 2.69. The van der Waals surface area contributed by atoms with Gasteiger partial charge in [-0.2, -0.15) is 0 Å². The third-order valence-corrected chi connectivity index (χ3v) is 4.64. The first kappa shape index (κ1) is 14.9. The maximum absolute atomic E-state index is 11.7. The summed E-state index contributed by atoms with van der Waals surface area (Å²) in [7, 11) is 4.58. The molecule has 1 heterocycles. The molecule has 1 aliphatic carbocycles. The number of nitrogens with two attached hydrogens (primary N) is 1. The van der Waals surface area contributed by atoms with Gasteiger partial charge in [-0.3, -0.25) is 0 Å². The second-order valence-electron chi connectivity index (χ2n) is 4.65. The summed E-state index contributed by atoms with van der Waals surface area (Å²) in [4.78, 5) is 12.0. The van der Waals surface area contributed by atoms with Gasteiger partial charge in [0.05, 0.1) is 26.4 Å². The largest absolute Gasteiger partial charge is 0.492 e. The summed E-state index contributed by atoms with van der Waals surface area (Å²) < 4.78 is 15.5. The van der Waals surface area contributed by atoms with Crippen molar-refractivity contribution in [2.24, 2.45) is 0 Å². The highest BCUT2D eigenvalue weighted by atomic mass is 32.1. The number of nitrogen functional groups attached to an aromatic ring is 1. The molecule has 2 rings (SSSR count). The summed E-state index contributed by atoms with van der Waals surface area (Å²) >= 11 is 1.25. The zero-order valence-corrected chi connectivity index (χ0v) is 12.7. The number of esters is 1. The Labute approximate surface area is 122 Å². The normalized spacial score (nSPS) is 21.8. The number of carbonyl (C=O) groups is 1. The van der Waals surface area contributed by atoms with Crippen LogP contribution in [0.3, 0.4) is 0 Å². The lowest BCUT2D eigenvalue weighted by Crippen LogP contribution is -2.29. The predicted molar refractivity (Wildman–Crippen MR) is 78.7 cm³/mol. The molecule has 0 radical (unpaired) electrons. The van der Waals surface area contributed by atoms with E-state index in [9.17, 15) is 4.79 Å². The Hall–Kier alpha value is -1.47. The molecular formula is C13H20N2O4S. The zero-order chi connectivity index (χ0) is 14.7. The highest BCUT2D eigenvalue weighted by Crippen LogP contribution is 2.44. The molecule has 1 aliphatic rings. The summed E-state index contributed by atoms with van der Waals surface area (Å²) in [6, 6.07) is 0.206. The van der Waals surface area contributed by atoms with Gasteiger partial charge < -0.3 is 25.3 Å². The van der Waals surface area contributed by atoms with Crippen LogP contribution >= 0.6 is 11.3 Å². The Balaban J connectivity index is 2.25. The minimum absolute atomic E-state index is 0.171. The van der Waals surface area contributed by atoms with E-state index >= 15 is 0 Å². The Morgan fingerprint density at radius 3 is 2.70 bits per heavy atom. The van der Waals surface area contributed by atoms with Crippen molar-refractivity contribution in [3.63, 3.8) is 0 Å². The Morgan fingerprint density at radius 1 is 1.35 bits per heavy atom. The number of thiophene rings is 1. The van der Waals surface area contributed by atoms with E-state index in [1.807, 2.05) is 0 Å². The van der Waals surface area contributed by atoms with Gasteiger partial charge in [-0.15, -0.1) is 11.3 Å². The second-order valence-corrected chi connectivity index (χ2v) is 5.68. The Morgan fingerprint density at radius 2 is 2.10 bits per heavy atom. The average Bonchev–Trinajstić information content (AvgIpc) is 3.02. The van der Waals surface area contributed by atoms with Crippen molar-refractivity contribution in [3.8, 4) is 5.75 Å². The van der Waals surface area contributed by atoms with Crippen LogP contribution in [0, 0.1) is 0 Å². The van der Waals surface area contributed by atoms with Crippen molar-refractivity contribution in [1.29, 1.82) is 0 Å². The monoisotopic (exact) mass is 300 g/mol. The van der Waals surface area contributed by atoms with Gasteiger partial charge in [0, 0.05) is 7.11 Å². The first-order valence-corrected chi connectivity index (χ1v) is 7.27. The maximum Gasteiger partial charge on any atom is 0.350 e. The molecule has 7 heteroatoms. The molecule has 0 bridgehead atoms. The van der Waals surface area contributed by atoms with Crippen LogP contribution in [-0.2, 0) is 9.47 Å². The fraction of sp³-hybridized carbons (Fsp3) is 0.615. The summed E-state index contributed by atoms with van der Waals surface area (Å²) in [5, 5.41) is 4.13. The van der Waals surface area contributed by atoms with Crippen LogP contribution in [0.4, 0.5) is 10.7 Å². The predicted octanol–water partition coefficient (Wildman–Crippen LogP) is 2.10. The molecule has 1 aromatic rings. The molecule has 3 N–H and O–H groups in total. The lowest BCUT2D eigenvalue weighted by Gasteiger charge is -2.20. The topological polar surface area (TPSA) is 82.8 Å². The van der Waals surface area contributed by atoms with E-state index in [0.29, 0.717) is 16.3 Å². The summed E-state index contributed by atoms with van der Waals surface area (Å²) in [6.07, 6.45) is 3.34. The maximum atomic E-state index is 11.7. The Kier molecular flexibility index (Phi) is 4.72. The molecule has 2 unspecified atom stereocenters. The Bertz CT molecular complexity index is 489. The van der Waals surface area contributed by atoms with Gasteiger partial charge in [-0.1, -0.05) is 0 Å². The molecule has 6 nitrogen and oxygen atoms in total. The van der Waals surface area contributed by atoms with Crippen molar-refractivity contribution in [2.45, 2.75) is 31.4 Å². The van der Waals surface area contributed by atoms with Crippen molar-refractivity contribution in [1.82, 2.24) is 0 Å². The second kappa shape index (κ2) is 6.32. The quantitative estimate of drug-likeness (QED) is 0.810. The number of nitrogens with one attached hydrogen (secondary N) is 1. The molecule has 0 aliphatic heterocycles. The number of carbonyl (C=O) groups excluding carboxylic acids is 1. The number of hydrogen-bond donors (Lipinski definition) is 2. The number of anilines is 2. The highest BCUT2D eigenvalue weighted by molar-refractivity contribution is 7.19. The van der Waals surface area contributed by atoms with Crippen LogP contribution in [0.2, 0.25) is 0 Å². The molecule has 1 fully saturated rings. The molecule has 1 aromatic heterocycles. The number of ether oxygens (including phenoxy) is 3. The standard InChI is InChI=1S/C13H20N2O4S/c1-17-8-6-4-5-7(8)15-12-10(18-2)9(14)11(20-12)13(16)19-3/h7-8,15H,4-6,14H2,1-3H3. The molecule has 0 saturated heterocycles. The van der Waals surface area contributed by atoms with E-state index in [0.717, 1.165) is 24.3 Å².